The molecule has 7 heteroatoms. The highest BCUT2D eigenvalue weighted by atomic mass is 16.5. The van der Waals surface area contributed by atoms with Crippen LogP contribution in [0.2, 0.25) is 0 Å². The first-order chi connectivity index (χ1) is 15.7. The van der Waals surface area contributed by atoms with Crippen LogP contribution < -0.4 is 9.64 Å². The van der Waals surface area contributed by atoms with E-state index in [9.17, 15) is 9.59 Å². The van der Waals surface area contributed by atoms with Crippen LogP contribution in [-0.4, -0.2) is 79.7 Å². The number of amides is 2. The maximum atomic E-state index is 13.0. The lowest BCUT2D eigenvalue weighted by molar-refractivity contribution is -0.139. The van der Waals surface area contributed by atoms with Gasteiger partial charge in [-0.2, -0.15) is 0 Å². The fraction of sp³-hybridized carbons (Fsp3) is 0.680. The molecular weight excluding hydrogens is 406 g/mol. The SMILES string of the molecule is O=C(C1CCC(Oc2ccc(N3CCOCC3=O)cc2)CC1)N1CCN(C2CCC2)CC1. The number of morpholine rings is 1. The fourth-order valence-corrected chi connectivity index (χ4v) is 5.43. The van der Waals surface area contributed by atoms with E-state index in [0.29, 0.717) is 19.1 Å². The summed E-state index contributed by atoms with van der Waals surface area (Å²) in [4.78, 5) is 31.5. The van der Waals surface area contributed by atoms with E-state index < -0.39 is 0 Å². The van der Waals surface area contributed by atoms with Crippen molar-refractivity contribution in [3.63, 3.8) is 0 Å². The van der Waals surface area contributed by atoms with Crippen LogP contribution >= 0.6 is 0 Å². The molecule has 2 saturated heterocycles. The van der Waals surface area contributed by atoms with Crippen molar-refractivity contribution in [2.75, 3.05) is 50.8 Å². The highest BCUT2D eigenvalue weighted by molar-refractivity contribution is 5.94. The zero-order valence-corrected chi connectivity index (χ0v) is 18.9. The molecule has 0 radical (unpaired) electrons. The van der Waals surface area contributed by atoms with Crippen LogP contribution in [0, 0.1) is 5.92 Å². The smallest absolute Gasteiger partial charge is 0.253 e. The average molecular weight is 442 g/mol. The topological polar surface area (TPSA) is 62.3 Å². The third-order valence-corrected chi connectivity index (χ3v) is 7.68. The minimum atomic E-state index is -0.00245. The van der Waals surface area contributed by atoms with Gasteiger partial charge in [0, 0.05) is 50.4 Å². The van der Waals surface area contributed by atoms with Gasteiger partial charge in [-0.15, -0.1) is 0 Å². The largest absolute Gasteiger partial charge is 0.490 e. The Balaban J connectivity index is 1.06. The van der Waals surface area contributed by atoms with Crippen molar-refractivity contribution in [3.8, 4) is 5.75 Å². The number of rotatable bonds is 5. The fourth-order valence-electron chi connectivity index (χ4n) is 5.43. The second-order valence-corrected chi connectivity index (χ2v) is 9.63. The molecule has 0 aromatic heterocycles. The van der Waals surface area contributed by atoms with Gasteiger partial charge < -0.3 is 19.3 Å². The Morgan fingerprint density at radius 1 is 0.906 bits per heavy atom. The van der Waals surface area contributed by atoms with E-state index in [2.05, 4.69) is 9.80 Å². The van der Waals surface area contributed by atoms with Crippen molar-refractivity contribution in [3.05, 3.63) is 24.3 Å². The molecule has 174 valence electrons. The van der Waals surface area contributed by atoms with E-state index in [1.807, 2.05) is 24.3 Å². The van der Waals surface area contributed by atoms with Gasteiger partial charge in [-0.05, 0) is 62.8 Å². The number of hydrogen-bond acceptors (Lipinski definition) is 5. The van der Waals surface area contributed by atoms with E-state index in [1.165, 1.54) is 19.3 Å². The van der Waals surface area contributed by atoms with Crippen LogP contribution in [0.4, 0.5) is 5.69 Å². The van der Waals surface area contributed by atoms with E-state index in [4.69, 9.17) is 9.47 Å². The summed E-state index contributed by atoms with van der Waals surface area (Å²) < 4.78 is 11.4. The summed E-state index contributed by atoms with van der Waals surface area (Å²) in [5.74, 6) is 1.34. The molecule has 0 N–H and O–H groups in total. The Morgan fingerprint density at radius 2 is 1.62 bits per heavy atom. The standard InChI is InChI=1S/C25H35N3O4/c29-24-18-31-17-16-28(24)21-6-10-23(11-7-21)32-22-8-4-19(5-9-22)25(30)27-14-12-26(13-15-27)20-2-1-3-20/h6-7,10-11,19-20,22H,1-5,8-9,12-18H2. The molecule has 5 rings (SSSR count). The summed E-state index contributed by atoms with van der Waals surface area (Å²) in [6.07, 6.45) is 7.86. The normalized spacial score (nSPS) is 27.8. The predicted octanol–water partition coefficient (Wildman–Crippen LogP) is 2.68. The minimum Gasteiger partial charge on any atom is -0.490 e. The van der Waals surface area contributed by atoms with Crippen molar-refractivity contribution in [1.82, 2.24) is 9.80 Å². The molecule has 1 aromatic rings. The second kappa shape index (κ2) is 9.79. The number of carbonyl (C=O) groups is 2. The Kier molecular flexibility index (Phi) is 6.64. The summed E-state index contributed by atoms with van der Waals surface area (Å²) in [5, 5.41) is 0. The molecule has 2 heterocycles. The number of nitrogens with zero attached hydrogens (tertiary/aromatic N) is 3. The predicted molar refractivity (Wildman–Crippen MR) is 122 cm³/mol. The first-order valence-electron chi connectivity index (χ1n) is 12.3. The van der Waals surface area contributed by atoms with Gasteiger partial charge in [-0.3, -0.25) is 14.5 Å². The van der Waals surface area contributed by atoms with Gasteiger partial charge in [0.05, 0.1) is 12.7 Å². The summed E-state index contributed by atoms with van der Waals surface area (Å²) in [6.45, 7) is 5.18. The lowest BCUT2D eigenvalue weighted by Gasteiger charge is -2.43. The Morgan fingerprint density at radius 3 is 2.25 bits per heavy atom. The third kappa shape index (κ3) is 4.79. The van der Waals surface area contributed by atoms with Gasteiger partial charge in [0.1, 0.15) is 12.4 Å². The molecule has 2 amide bonds. The van der Waals surface area contributed by atoms with E-state index in [1.54, 1.807) is 4.90 Å². The first kappa shape index (κ1) is 21.7. The van der Waals surface area contributed by atoms with Crippen molar-refractivity contribution in [2.45, 2.75) is 57.1 Å². The quantitative estimate of drug-likeness (QED) is 0.703. The Hall–Kier alpha value is -2.12. The molecule has 4 aliphatic rings. The molecule has 0 atom stereocenters. The Labute approximate surface area is 190 Å². The zero-order chi connectivity index (χ0) is 21.9. The number of hydrogen-bond donors (Lipinski definition) is 0. The maximum absolute atomic E-state index is 13.0. The second-order valence-electron chi connectivity index (χ2n) is 9.63. The van der Waals surface area contributed by atoms with E-state index >= 15 is 0 Å². The summed E-state index contributed by atoms with van der Waals surface area (Å²) in [6, 6.07) is 8.55. The van der Waals surface area contributed by atoms with E-state index in [-0.39, 0.29) is 24.5 Å². The maximum Gasteiger partial charge on any atom is 0.253 e. The molecule has 32 heavy (non-hydrogen) atoms. The van der Waals surface area contributed by atoms with Crippen LogP contribution in [0.25, 0.3) is 0 Å². The number of benzene rings is 1. The molecule has 0 unspecified atom stereocenters. The van der Waals surface area contributed by atoms with Crippen molar-refractivity contribution in [2.24, 2.45) is 5.92 Å². The summed E-state index contributed by atoms with van der Waals surface area (Å²) in [5.41, 5.74) is 0.886. The third-order valence-electron chi connectivity index (χ3n) is 7.68. The van der Waals surface area contributed by atoms with Crippen LogP contribution in [0.5, 0.6) is 5.75 Å². The average Bonchev–Trinajstić information content (AvgIpc) is 2.80. The van der Waals surface area contributed by atoms with Gasteiger partial charge >= 0.3 is 0 Å². The van der Waals surface area contributed by atoms with Crippen LogP contribution in [0.3, 0.4) is 0 Å². The lowest BCUT2D eigenvalue weighted by atomic mass is 9.86. The van der Waals surface area contributed by atoms with Gasteiger partial charge in [-0.1, -0.05) is 6.42 Å². The van der Waals surface area contributed by atoms with Crippen LogP contribution in [-0.2, 0) is 14.3 Å². The first-order valence-corrected chi connectivity index (χ1v) is 12.3. The van der Waals surface area contributed by atoms with Crippen molar-refractivity contribution in [1.29, 1.82) is 0 Å². The van der Waals surface area contributed by atoms with E-state index in [0.717, 1.165) is 69.3 Å². The molecule has 0 spiro atoms. The van der Waals surface area contributed by atoms with Crippen LogP contribution in [0.15, 0.2) is 24.3 Å². The molecular formula is C25H35N3O4. The van der Waals surface area contributed by atoms with Gasteiger partial charge in [0.15, 0.2) is 0 Å². The highest BCUT2D eigenvalue weighted by Gasteiger charge is 2.34. The molecule has 2 aliphatic carbocycles. The Bertz CT molecular complexity index is 794. The minimum absolute atomic E-state index is 0.00245. The van der Waals surface area contributed by atoms with Crippen molar-refractivity contribution < 1.29 is 19.1 Å². The molecule has 1 aromatic carbocycles. The monoisotopic (exact) mass is 441 g/mol. The summed E-state index contributed by atoms with van der Waals surface area (Å²) in [7, 11) is 0. The van der Waals surface area contributed by atoms with Crippen LogP contribution in [0.1, 0.15) is 44.9 Å². The summed E-state index contributed by atoms with van der Waals surface area (Å²) >= 11 is 0. The van der Waals surface area contributed by atoms with Gasteiger partial charge in [-0.25, -0.2) is 0 Å². The van der Waals surface area contributed by atoms with Crippen molar-refractivity contribution >= 4 is 17.5 Å². The molecule has 2 saturated carbocycles. The molecule has 4 fully saturated rings. The molecule has 2 aliphatic heterocycles. The lowest BCUT2D eigenvalue weighted by Crippen LogP contribution is -2.54. The van der Waals surface area contributed by atoms with Gasteiger partial charge in [0.25, 0.3) is 5.91 Å². The number of piperazine rings is 1. The number of carbonyl (C=O) groups excluding carboxylic acids is 2. The zero-order valence-electron chi connectivity index (χ0n) is 18.9. The highest BCUT2D eigenvalue weighted by Crippen LogP contribution is 2.31. The molecule has 0 bridgehead atoms. The molecule has 7 nitrogen and oxygen atoms in total. The number of anilines is 1. The number of ether oxygens (including phenoxy) is 2. The van der Waals surface area contributed by atoms with Gasteiger partial charge in [0.2, 0.25) is 5.91 Å².